The Morgan fingerprint density at radius 1 is 1.10 bits per heavy atom. The second-order valence-corrected chi connectivity index (χ2v) is 7.19. The predicted molar refractivity (Wildman–Crippen MR) is 106 cm³/mol. The van der Waals surface area contributed by atoms with Crippen LogP contribution in [0.25, 0.3) is 0 Å². The van der Waals surface area contributed by atoms with Crippen molar-refractivity contribution >= 4 is 5.91 Å². The fourth-order valence-electron chi connectivity index (χ4n) is 2.75. The molecule has 1 amide bonds. The van der Waals surface area contributed by atoms with Crippen LogP contribution in [0.3, 0.4) is 0 Å². The van der Waals surface area contributed by atoms with E-state index in [0.717, 1.165) is 11.1 Å². The van der Waals surface area contributed by atoms with Gasteiger partial charge in [0, 0.05) is 0 Å². The molecular formula is C22H25F2N3O2. The van der Waals surface area contributed by atoms with Crippen LogP contribution in [0.5, 0.6) is 5.75 Å². The van der Waals surface area contributed by atoms with Crippen molar-refractivity contribution in [2.75, 3.05) is 6.54 Å². The molecule has 2 aromatic rings. The second-order valence-electron chi connectivity index (χ2n) is 7.19. The van der Waals surface area contributed by atoms with Gasteiger partial charge in [0.1, 0.15) is 11.3 Å². The lowest BCUT2D eigenvalue weighted by molar-refractivity contribution is -0.121. The molecule has 0 heterocycles. The Hall–Kier alpha value is -2.98. The molecule has 2 N–H and O–H groups in total. The van der Waals surface area contributed by atoms with E-state index in [2.05, 4.69) is 21.4 Å². The Kier molecular flexibility index (Phi) is 7.68. The van der Waals surface area contributed by atoms with Gasteiger partial charge < -0.3 is 10.1 Å². The minimum atomic E-state index is -2.89. The van der Waals surface area contributed by atoms with E-state index >= 15 is 0 Å². The van der Waals surface area contributed by atoms with E-state index in [1.54, 1.807) is 19.1 Å². The van der Waals surface area contributed by atoms with Crippen LogP contribution in [-0.4, -0.2) is 24.6 Å². The molecule has 5 nitrogen and oxygen atoms in total. The number of alkyl halides is 2. The standard InChI is InChI=1S/C22H25F2N3O2/c1-15(2)22(3,14-25)27-19(28)13-26-20(16-7-5-4-6-8-16)17-9-11-18(12-10-17)29-21(23)24/h4-12,15,20-21,26H,13H2,1-3H3,(H,27,28)/t20-,22+/m1/s1. The molecule has 0 aliphatic rings. The first-order chi connectivity index (χ1) is 13.7. The van der Waals surface area contributed by atoms with Crippen molar-refractivity contribution in [3.63, 3.8) is 0 Å². The number of benzene rings is 2. The normalized spacial score (nSPS) is 14.1. The number of hydrogen-bond acceptors (Lipinski definition) is 4. The van der Waals surface area contributed by atoms with Gasteiger partial charge in [-0.3, -0.25) is 10.1 Å². The molecule has 29 heavy (non-hydrogen) atoms. The maximum atomic E-state index is 12.4. The smallest absolute Gasteiger partial charge is 0.387 e. The zero-order valence-electron chi connectivity index (χ0n) is 16.7. The van der Waals surface area contributed by atoms with E-state index in [-0.39, 0.29) is 30.2 Å². The second kappa shape index (κ2) is 9.99. The van der Waals surface area contributed by atoms with E-state index in [0.29, 0.717) is 0 Å². The Labute approximate surface area is 169 Å². The molecular weight excluding hydrogens is 376 g/mol. The van der Waals surface area contributed by atoms with Gasteiger partial charge in [0.2, 0.25) is 5.91 Å². The molecule has 0 saturated heterocycles. The maximum absolute atomic E-state index is 12.4. The lowest BCUT2D eigenvalue weighted by Crippen LogP contribution is -2.51. The number of halogens is 2. The minimum Gasteiger partial charge on any atom is -0.435 e. The van der Waals surface area contributed by atoms with Crippen LogP contribution in [-0.2, 0) is 4.79 Å². The largest absolute Gasteiger partial charge is 0.435 e. The lowest BCUT2D eigenvalue weighted by atomic mass is 9.90. The summed E-state index contributed by atoms with van der Waals surface area (Å²) in [6, 6.07) is 17.5. The maximum Gasteiger partial charge on any atom is 0.387 e. The fraction of sp³-hybridized carbons (Fsp3) is 0.364. The highest BCUT2D eigenvalue weighted by Gasteiger charge is 2.30. The SMILES string of the molecule is CC(C)[C@](C)(C#N)NC(=O)CN[C@H](c1ccccc1)c1ccc(OC(F)F)cc1. The predicted octanol–water partition coefficient (Wildman–Crippen LogP) is 4.02. The third kappa shape index (κ3) is 6.26. The third-order valence-corrected chi connectivity index (χ3v) is 4.82. The Bertz CT molecular complexity index is 835. The number of nitriles is 1. The molecule has 2 rings (SSSR count). The van der Waals surface area contributed by atoms with Crippen molar-refractivity contribution in [2.45, 2.75) is 39.0 Å². The highest BCUT2D eigenvalue weighted by atomic mass is 19.3. The van der Waals surface area contributed by atoms with Crippen molar-refractivity contribution < 1.29 is 18.3 Å². The van der Waals surface area contributed by atoms with E-state index in [4.69, 9.17) is 0 Å². The molecule has 154 valence electrons. The summed E-state index contributed by atoms with van der Waals surface area (Å²) in [6.45, 7) is 2.52. The number of amides is 1. The van der Waals surface area contributed by atoms with E-state index in [1.165, 1.54) is 12.1 Å². The van der Waals surface area contributed by atoms with Crippen LogP contribution in [0.4, 0.5) is 8.78 Å². The number of ether oxygens (including phenoxy) is 1. The van der Waals surface area contributed by atoms with Gasteiger partial charge in [-0.1, -0.05) is 56.3 Å². The molecule has 0 bridgehead atoms. The highest BCUT2D eigenvalue weighted by Crippen LogP contribution is 2.25. The topological polar surface area (TPSA) is 74.2 Å². The first kappa shape index (κ1) is 22.3. The molecule has 2 aromatic carbocycles. The first-order valence-corrected chi connectivity index (χ1v) is 9.30. The number of hydrogen-bond donors (Lipinski definition) is 2. The quantitative estimate of drug-likeness (QED) is 0.666. The van der Waals surface area contributed by atoms with Crippen molar-refractivity contribution in [2.24, 2.45) is 5.92 Å². The van der Waals surface area contributed by atoms with Gasteiger partial charge in [0.15, 0.2) is 0 Å². The van der Waals surface area contributed by atoms with Crippen molar-refractivity contribution in [1.82, 2.24) is 10.6 Å². The summed E-state index contributed by atoms with van der Waals surface area (Å²) in [7, 11) is 0. The summed E-state index contributed by atoms with van der Waals surface area (Å²) in [5.74, 6) is -0.292. The van der Waals surface area contributed by atoms with Gasteiger partial charge >= 0.3 is 6.61 Å². The number of carbonyl (C=O) groups is 1. The van der Waals surface area contributed by atoms with Crippen LogP contribution in [0.15, 0.2) is 54.6 Å². The Balaban J connectivity index is 2.16. The fourth-order valence-corrected chi connectivity index (χ4v) is 2.75. The van der Waals surface area contributed by atoms with Crippen LogP contribution in [0.2, 0.25) is 0 Å². The zero-order chi connectivity index (χ0) is 21.4. The third-order valence-electron chi connectivity index (χ3n) is 4.82. The van der Waals surface area contributed by atoms with Crippen LogP contribution >= 0.6 is 0 Å². The molecule has 7 heteroatoms. The number of carbonyl (C=O) groups excluding carboxylic acids is 1. The van der Waals surface area contributed by atoms with Gasteiger partial charge in [-0.05, 0) is 36.1 Å². The molecule has 0 radical (unpaired) electrons. The number of rotatable bonds is 9. The van der Waals surface area contributed by atoms with Crippen molar-refractivity contribution in [3.8, 4) is 11.8 Å². The van der Waals surface area contributed by atoms with Gasteiger partial charge in [-0.2, -0.15) is 14.0 Å². The molecule has 2 atom stereocenters. The van der Waals surface area contributed by atoms with Crippen LogP contribution < -0.4 is 15.4 Å². The number of nitrogens with one attached hydrogen (secondary N) is 2. The van der Waals surface area contributed by atoms with E-state index < -0.39 is 12.2 Å². The molecule has 0 unspecified atom stereocenters. The van der Waals surface area contributed by atoms with Gasteiger partial charge in [0.05, 0.1) is 18.7 Å². The van der Waals surface area contributed by atoms with Gasteiger partial charge in [-0.15, -0.1) is 0 Å². The summed E-state index contributed by atoms with van der Waals surface area (Å²) < 4.78 is 29.1. The Morgan fingerprint density at radius 3 is 2.21 bits per heavy atom. The summed E-state index contributed by atoms with van der Waals surface area (Å²) >= 11 is 0. The monoisotopic (exact) mass is 401 g/mol. The summed E-state index contributed by atoms with van der Waals surface area (Å²) in [4.78, 5) is 12.4. The van der Waals surface area contributed by atoms with E-state index in [9.17, 15) is 18.8 Å². The average molecular weight is 401 g/mol. The summed E-state index contributed by atoms with van der Waals surface area (Å²) in [5.41, 5.74) is 0.738. The van der Waals surface area contributed by atoms with Crippen LogP contribution in [0.1, 0.15) is 37.9 Å². The minimum absolute atomic E-state index is 0.0150. The molecule has 0 fully saturated rings. The average Bonchev–Trinajstić information content (AvgIpc) is 2.69. The number of nitrogens with zero attached hydrogens (tertiary/aromatic N) is 1. The molecule has 0 aliphatic heterocycles. The highest BCUT2D eigenvalue weighted by molar-refractivity contribution is 5.79. The molecule has 0 aliphatic carbocycles. The van der Waals surface area contributed by atoms with Gasteiger partial charge in [-0.25, -0.2) is 0 Å². The van der Waals surface area contributed by atoms with Gasteiger partial charge in [0.25, 0.3) is 0 Å². The Morgan fingerprint density at radius 2 is 1.69 bits per heavy atom. The lowest BCUT2D eigenvalue weighted by Gasteiger charge is -2.28. The molecule has 0 aromatic heterocycles. The van der Waals surface area contributed by atoms with E-state index in [1.807, 2.05) is 44.2 Å². The summed E-state index contributed by atoms with van der Waals surface area (Å²) in [6.07, 6.45) is 0. The van der Waals surface area contributed by atoms with Crippen LogP contribution in [0, 0.1) is 17.2 Å². The zero-order valence-corrected chi connectivity index (χ0v) is 16.7. The summed E-state index contributed by atoms with van der Waals surface area (Å²) in [5, 5.41) is 15.3. The first-order valence-electron chi connectivity index (χ1n) is 9.30. The van der Waals surface area contributed by atoms with Crippen molar-refractivity contribution in [3.05, 3.63) is 65.7 Å². The molecule has 0 spiro atoms. The molecule has 0 saturated carbocycles. The van der Waals surface area contributed by atoms with Crippen molar-refractivity contribution in [1.29, 1.82) is 5.26 Å².